The number of halogens is 1. The third kappa shape index (κ3) is 4.14. The fourth-order valence-electron chi connectivity index (χ4n) is 3.21. The minimum absolute atomic E-state index is 0.0556. The van der Waals surface area contributed by atoms with E-state index in [-0.39, 0.29) is 24.0 Å². The Hall–Kier alpha value is -1.03. The van der Waals surface area contributed by atoms with E-state index in [4.69, 9.17) is 4.74 Å². The topological polar surface area (TPSA) is 57.0 Å². The number of carbonyl (C=O) groups excluding carboxylic acids is 1. The highest BCUT2D eigenvalue weighted by molar-refractivity contribution is 7.18. The van der Waals surface area contributed by atoms with Crippen LogP contribution < -0.4 is 0 Å². The molecule has 0 bridgehead atoms. The van der Waals surface area contributed by atoms with Crippen molar-refractivity contribution in [2.24, 2.45) is 5.92 Å². The number of hydrogen-bond acceptors (Lipinski definition) is 4. The summed E-state index contributed by atoms with van der Waals surface area (Å²) in [5, 5.41) is 6.60. The predicted octanol–water partition coefficient (Wildman–Crippen LogP) is 3.71. The second-order valence-electron chi connectivity index (χ2n) is 7.92. The summed E-state index contributed by atoms with van der Waals surface area (Å²) < 4.78 is 22.7. The Morgan fingerprint density at radius 3 is 2.71 bits per heavy atom. The van der Waals surface area contributed by atoms with E-state index in [1.807, 2.05) is 25.5 Å². The minimum Gasteiger partial charge on any atom is -0.463 e. The highest BCUT2D eigenvalue weighted by atomic mass is 31.0. The molecule has 0 N–H and O–H groups in total. The van der Waals surface area contributed by atoms with Gasteiger partial charge in [0.15, 0.2) is 5.41 Å². The summed E-state index contributed by atoms with van der Waals surface area (Å²) in [5.41, 5.74) is 0.929. The lowest BCUT2D eigenvalue weighted by Crippen LogP contribution is -2.32. The maximum atomic E-state index is 15.7. The molecule has 1 aromatic heterocycles. The first-order valence-electron chi connectivity index (χ1n) is 8.66. The number of nitrogens with zero attached hydrogens (tertiary/aromatic N) is 3. The van der Waals surface area contributed by atoms with Crippen LogP contribution in [0, 0.1) is 5.92 Å². The van der Waals surface area contributed by atoms with E-state index in [1.54, 1.807) is 13.8 Å². The van der Waals surface area contributed by atoms with E-state index in [0.717, 1.165) is 25.0 Å². The zero-order chi connectivity index (χ0) is 18.1. The lowest BCUT2D eigenvalue weighted by Gasteiger charge is -2.32. The smallest absolute Gasteiger partial charge is 0.306 e. The zero-order valence-corrected chi connectivity index (χ0v) is 16.5. The van der Waals surface area contributed by atoms with Crippen molar-refractivity contribution in [3.05, 3.63) is 11.4 Å². The molecule has 0 radical (unpaired) electrons. The van der Waals surface area contributed by atoms with E-state index >= 15 is 4.39 Å². The summed E-state index contributed by atoms with van der Waals surface area (Å²) in [6.07, 6.45) is 3.06. The number of alkyl halides is 1. The Morgan fingerprint density at radius 2 is 2.12 bits per heavy atom. The monoisotopic (exact) mass is 357 g/mol. The average molecular weight is 357 g/mol. The molecule has 3 atom stereocenters. The van der Waals surface area contributed by atoms with Gasteiger partial charge in [0.25, 0.3) is 0 Å². The molecule has 3 unspecified atom stereocenters. The molecule has 0 saturated carbocycles. The van der Waals surface area contributed by atoms with Gasteiger partial charge in [-0.1, -0.05) is 20.9 Å². The molecule has 24 heavy (non-hydrogen) atoms. The van der Waals surface area contributed by atoms with Gasteiger partial charge >= 0.3 is 5.97 Å². The largest absolute Gasteiger partial charge is 0.463 e. The van der Waals surface area contributed by atoms with E-state index in [0.29, 0.717) is 12.1 Å². The maximum absolute atomic E-state index is 15.7. The number of hydrogen-bond donors (Lipinski definition) is 0. The van der Waals surface area contributed by atoms with Gasteiger partial charge in [-0.3, -0.25) is 4.79 Å². The molecule has 0 saturated heterocycles. The van der Waals surface area contributed by atoms with Crippen LogP contribution in [0.5, 0.6) is 0 Å². The lowest BCUT2D eigenvalue weighted by atomic mass is 9.86. The van der Waals surface area contributed by atoms with Crippen molar-refractivity contribution in [1.82, 2.24) is 15.0 Å². The van der Waals surface area contributed by atoms with E-state index in [2.05, 4.69) is 19.6 Å². The van der Waals surface area contributed by atoms with Crippen LogP contribution in [0.25, 0.3) is 0 Å². The van der Waals surface area contributed by atoms with E-state index in [1.165, 1.54) is 0 Å². The Bertz CT molecular complexity index is 593. The molecule has 0 aromatic carbocycles. The number of carbonyl (C=O) groups is 1. The molecule has 1 aliphatic carbocycles. The summed E-state index contributed by atoms with van der Waals surface area (Å²) in [7, 11) is 2.29. The number of esters is 1. The maximum Gasteiger partial charge on any atom is 0.306 e. The quantitative estimate of drug-likeness (QED) is 0.611. The molecule has 0 amide bonds. The number of fused-ring (bicyclic) bond motifs is 1. The molecular weight excluding hydrogens is 328 g/mol. The van der Waals surface area contributed by atoms with Gasteiger partial charge in [0.1, 0.15) is 5.69 Å². The fourth-order valence-corrected chi connectivity index (χ4v) is 3.72. The Kier molecular flexibility index (Phi) is 5.68. The van der Waals surface area contributed by atoms with Crippen LogP contribution in [-0.2, 0) is 26.9 Å². The first-order valence-corrected chi connectivity index (χ1v) is 9.24. The molecule has 5 nitrogen and oxygen atoms in total. The molecule has 0 spiro atoms. The van der Waals surface area contributed by atoms with Gasteiger partial charge < -0.3 is 4.74 Å². The summed E-state index contributed by atoms with van der Waals surface area (Å²) in [6.45, 7) is 9.68. The zero-order valence-electron chi connectivity index (χ0n) is 15.3. The molecule has 0 fully saturated rings. The lowest BCUT2D eigenvalue weighted by molar-refractivity contribution is -0.149. The average Bonchev–Trinajstić information content (AvgIpc) is 2.84. The number of ether oxygens (including phenoxy) is 1. The first-order chi connectivity index (χ1) is 11.0. The summed E-state index contributed by atoms with van der Waals surface area (Å²) >= 11 is 0. The van der Waals surface area contributed by atoms with Crippen LogP contribution in [0.3, 0.4) is 0 Å². The second kappa shape index (κ2) is 7.07. The van der Waals surface area contributed by atoms with Gasteiger partial charge in [-0.15, -0.1) is 5.10 Å². The summed E-state index contributed by atoms with van der Waals surface area (Å²) in [4.78, 5) is 12.0. The van der Waals surface area contributed by atoms with Gasteiger partial charge in [0.05, 0.1) is 23.8 Å². The molecular formula is C17H29FN3O2P. The van der Waals surface area contributed by atoms with Crippen molar-refractivity contribution in [3.8, 4) is 0 Å². The molecule has 0 aliphatic heterocycles. The third-order valence-corrected chi connectivity index (χ3v) is 5.10. The van der Waals surface area contributed by atoms with Crippen LogP contribution in [-0.4, -0.2) is 27.1 Å². The van der Waals surface area contributed by atoms with Crippen molar-refractivity contribution < 1.29 is 13.9 Å². The normalized spacial score (nSPS) is 25.1. The van der Waals surface area contributed by atoms with Gasteiger partial charge in [0.2, 0.25) is 0 Å². The SMILES string of the molecule is CC(C)OC(=O)CC1CCCCc2c(nnn2C(C)(C)C)C1(F)P. The van der Waals surface area contributed by atoms with Crippen molar-refractivity contribution in [2.75, 3.05) is 0 Å². The van der Waals surface area contributed by atoms with E-state index in [9.17, 15) is 4.79 Å². The van der Waals surface area contributed by atoms with Crippen molar-refractivity contribution in [3.63, 3.8) is 0 Å². The van der Waals surface area contributed by atoms with Gasteiger partial charge in [-0.25, -0.2) is 9.07 Å². The minimum atomic E-state index is -1.77. The molecule has 136 valence electrons. The van der Waals surface area contributed by atoms with Crippen LogP contribution >= 0.6 is 9.24 Å². The van der Waals surface area contributed by atoms with Crippen molar-refractivity contribution >= 4 is 15.2 Å². The highest BCUT2D eigenvalue weighted by Crippen LogP contribution is 2.47. The molecule has 1 heterocycles. The van der Waals surface area contributed by atoms with Crippen molar-refractivity contribution in [2.45, 2.75) is 83.8 Å². The standard InChI is InChI=1S/C17H29FN3O2P/c1-11(2)23-14(22)10-12-8-6-7-9-13-15(17(12,18)24)19-20-21(13)16(3,4)5/h11-12H,6-10,24H2,1-5H3. The first kappa shape index (κ1) is 19.3. The van der Waals surface area contributed by atoms with Gasteiger partial charge in [0, 0.05) is 5.92 Å². The molecule has 2 rings (SSSR count). The van der Waals surface area contributed by atoms with Crippen LogP contribution in [0.4, 0.5) is 4.39 Å². The molecule has 1 aliphatic rings. The Morgan fingerprint density at radius 1 is 1.46 bits per heavy atom. The fraction of sp³-hybridized carbons (Fsp3) is 0.824. The Labute approximate surface area is 145 Å². The van der Waals surface area contributed by atoms with Gasteiger partial charge in [-0.05, 0) is 53.9 Å². The summed E-state index contributed by atoms with van der Waals surface area (Å²) in [5.74, 6) is -0.831. The van der Waals surface area contributed by atoms with Gasteiger partial charge in [-0.2, -0.15) is 0 Å². The Balaban J connectivity index is 2.34. The summed E-state index contributed by atoms with van der Waals surface area (Å²) in [6, 6.07) is 0. The second-order valence-corrected chi connectivity index (χ2v) is 8.76. The third-order valence-electron chi connectivity index (χ3n) is 4.35. The van der Waals surface area contributed by atoms with Crippen LogP contribution in [0.1, 0.15) is 71.7 Å². The molecule has 7 heteroatoms. The number of rotatable bonds is 3. The molecule has 1 aromatic rings. The predicted molar refractivity (Wildman–Crippen MR) is 94.4 cm³/mol. The highest BCUT2D eigenvalue weighted by Gasteiger charge is 2.44. The van der Waals surface area contributed by atoms with Crippen molar-refractivity contribution in [1.29, 1.82) is 0 Å². The van der Waals surface area contributed by atoms with Crippen LogP contribution in [0.15, 0.2) is 0 Å². The van der Waals surface area contributed by atoms with Crippen LogP contribution in [0.2, 0.25) is 0 Å². The van der Waals surface area contributed by atoms with E-state index < -0.39 is 11.3 Å². The number of aromatic nitrogens is 3.